The highest BCUT2D eigenvalue weighted by Gasteiger charge is 2.31. The second kappa shape index (κ2) is 6.82. The van der Waals surface area contributed by atoms with Gasteiger partial charge in [0.15, 0.2) is 5.75 Å². The molecule has 0 heterocycles. The van der Waals surface area contributed by atoms with Gasteiger partial charge in [-0.05, 0) is 53.7 Å². The molecule has 3 nitrogen and oxygen atoms in total. The van der Waals surface area contributed by atoms with Gasteiger partial charge in [0, 0.05) is 12.1 Å². The molecule has 106 valence electrons. The Labute approximate surface area is 127 Å². The van der Waals surface area contributed by atoms with E-state index in [0.29, 0.717) is 30.2 Å². The maximum absolute atomic E-state index is 6.12. The number of anilines is 1. The van der Waals surface area contributed by atoms with E-state index in [9.17, 15) is 0 Å². The highest BCUT2D eigenvalue weighted by molar-refractivity contribution is 9.10. The third-order valence-corrected chi connectivity index (χ3v) is 3.98. The van der Waals surface area contributed by atoms with Crippen LogP contribution in [0.2, 0.25) is 5.02 Å². The van der Waals surface area contributed by atoms with Crippen LogP contribution in [-0.4, -0.2) is 26.4 Å². The molecule has 1 aliphatic carbocycles. The molecule has 0 spiro atoms. The summed E-state index contributed by atoms with van der Waals surface area (Å²) in [7, 11) is 1.73. The summed E-state index contributed by atoms with van der Waals surface area (Å²) in [4.78, 5) is 0. The predicted molar refractivity (Wildman–Crippen MR) is 82.3 cm³/mol. The van der Waals surface area contributed by atoms with Crippen LogP contribution in [0.25, 0.3) is 0 Å². The molecular weight excluding hydrogens is 330 g/mol. The van der Waals surface area contributed by atoms with Gasteiger partial charge in [-0.1, -0.05) is 11.6 Å². The summed E-state index contributed by atoms with van der Waals surface area (Å²) >= 11 is 9.62. The molecule has 0 saturated heterocycles. The van der Waals surface area contributed by atoms with Crippen molar-refractivity contribution >= 4 is 33.2 Å². The van der Waals surface area contributed by atoms with Gasteiger partial charge in [0.2, 0.25) is 0 Å². The lowest BCUT2D eigenvalue weighted by molar-refractivity contribution is 0.179. The Morgan fingerprint density at radius 3 is 2.79 bits per heavy atom. The SMILES string of the molecule is CCOc1c(Br)cc(Cl)cc1NC(COC)C1CC1. The van der Waals surface area contributed by atoms with Gasteiger partial charge in [-0.2, -0.15) is 0 Å². The van der Waals surface area contributed by atoms with Crippen molar-refractivity contribution < 1.29 is 9.47 Å². The Balaban J connectivity index is 2.21. The maximum atomic E-state index is 6.12. The number of hydrogen-bond acceptors (Lipinski definition) is 3. The minimum atomic E-state index is 0.314. The molecule has 19 heavy (non-hydrogen) atoms. The second-order valence-electron chi connectivity index (χ2n) is 4.74. The number of nitrogens with one attached hydrogen (secondary N) is 1. The summed E-state index contributed by atoms with van der Waals surface area (Å²) in [5, 5.41) is 4.20. The van der Waals surface area contributed by atoms with Gasteiger partial charge in [0.25, 0.3) is 0 Å². The van der Waals surface area contributed by atoms with E-state index in [0.717, 1.165) is 15.9 Å². The zero-order valence-corrected chi connectivity index (χ0v) is 13.6. The number of hydrogen-bond donors (Lipinski definition) is 1. The molecule has 0 aliphatic heterocycles. The minimum absolute atomic E-state index is 0.314. The molecule has 1 aromatic carbocycles. The first-order chi connectivity index (χ1) is 9.15. The lowest BCUT2D eigenvalue weighted by Gasteiger charge is -2.21. The lowest BCUT2D eigenvalue weighted by Crippen LogP contribution is -2.27. The van der Waals surface area contributed by atoms with Crippen molar-refractivity contribution in [1.29, 1.82) is 0 Å². The van der Waals surface area contributed by atoms with Gasteiger partial charge < -0.3 is 14.8 Å². The Hall–Kier alpha value is -0.450. The summed E-state index contributed by atoms with van der Waals surface area (Å²) in [5.41, 5.74) is 0.926. The number of benzene rings is 1. The van der Waals surface area contributed by atoms with Crippen molar-refractivity contribution in [3.63, 3.8) is 0 Å². The standard InChI is InChI=1S/C14H19BrClNO2/c1-3-19-14-11(15)6-10(16)7-12(14)17-13(8-18-2)9-4-5-9/h6-7,9,13,17H,3-5,8H2,1-2H3. The van der Waals surface area contributed by atoms with Crippen LogP contribution in [0, 0.1) is 5.92 Å². The van der Waals surface area contributed by atoms with Crippen LogP contribution in [0.1, 0.15) is 19.8 Å². The summed E-state index contributed by atoms with van der Waals surface area (Å²) in [6, 6.07) is 4.07. The highest BCUT2D eigenvalue weighted by Crippen LogP contribution is 2.40. The zero-order chi connectivity index (χ0) is 13.8. The van der Waals surface area contributed by atoms with E-state index in [1.54, 1.807) is 7.11 Å². The van der Waals surface area contributed by atoms with E-state index in [2.05, 4.69) is 21.2 Å². The molecule has 0 amide bonds. The molecule has 1 aromatic rings. The van der Waals surface area contributed by atoms with E-state index in [-0.39, 0.29) is 0 Å². The zero-order valence-electron chi connectivity index (χ0n) is 11.2. The van der Waals surface area contributed by atoms with Crippen molar-refractivity contribution in [2.45, 2.75) is 25.8 Å². The van der Waals surface area contributed by atoms with Crippen LogP contribution in [0.4, 0.5) is 5.69 Å². The summed E-state index contributed by atoms with van der Waals surface area (Å²) in [6.07, 6.45) is 2.51. The van der Waals surface area contributed by atoms with Gasteiger partial charge in [-0.15, -0.1) is 0 Å². The molecule has 1 N–H and O–H groups in total. The van der Waals surface area contributed by atoms with Crippen LogP contribution in [0.3, 0.4) is 0 Å². The number of halogens is 2. The third-order valence-electron chi connectivity index (χ3n) is 3.18. The molecule has 1 unspecified atom stereocenters. The normalized spacial score (nSPS) is 16.2. The average Bonchev–Trinajstić information content (AvgIpc) is 3.17. The molecule has 0 radical (unpaired) electrons. The van der Waals surface area contributed by atoms with Crippen molar-refractivity contribution in [1.82, 2.24) is 0 Å². The van der Waals surface area contributed by atoms with E-state index < -0.39 is 0 Å². The summed E-state index contributed by atoms with van der Waals surface area (Å²) in [5.74, 6) is 1.50. The van der Waals surface area contributed by atoms with Gasteiger partial charge in [0.1, 0.15) is 0 Å². The van der Waals surface area contributed by atoms with Crippen LogP contribution in [0.5, 0.6) is 5.75 Å². The van der Waals surface area contributed by atoms with Gasteiger partial charge in [0.05, 0.1) is 29.4 Å². The van der Waals surface area contributed by atoms with Crippen LogP contribution < -0.4 is 10.1 Å². The third kappa shape index (κ3) is 4.01. The first kappa shape index (κ1) is 14.9. The quantitative estimate of drug-likeness (QED) is 0.795. The number of ether oxygens (including phenoxy) is 2. The minimum Gasteiger partial charge on any atom is -0.491 e. The molecule has 0 aromatic heterocycles. The van der Waals surface area contributed by atoms with Crippen molar-refractivity contribution in [2.75, 3.05) is 25.6 Å². The molecule has 1 saturated carbocycles. The average molecular weight is 349 g/mol. The molecule has 5 heteroatoms. The van der Waals surface area contributed by atoms with Gasteiger partial charge >= 0.3 is 0 Å². The first-order valence-electron chi connectivity index (χ1n) is 6.53. The predicted octanol–water partition coefficient (Wildman–Crippen LogP) is 4.34. The highest BCUT2D eigenvalue weighted by atomic mass is 79.9. The second-order valence-corrected chi connectivity index (χ2v) is 6.03. The van der Waals surface area contributed by atoms with Crippen molar-refractivity contribution in [3.05, 3.63) is 21.6 Å². The van der Waals surface area contributed by atoms with E-state index >= 15 is 0 Å². The molecule has 1 aliphatic rings. The van der Waals surface area contributed by atoms with Crippen LogP contribution in [-0.2, 0) is 4.74 Å². The molecule has 1 atom stereocenters. The Bertz CT molecular complexity index is 438. The Morgan fingerprint density at radius 2 is 2.21 bits per heavy atom. The number of rotatable bonds is 7. The molecule has 2 rings (SSSR count). The fourth-order valence-corrected chi connectivity index (χ4v) is 3.06. The summed E-state index contributed by atoms with van der Waals surface area (Å²) in [6.45, 7) is 3.28. The summed E-state index contributed by atoms with van der Waals surface area (Å²) < 4.78 is 11.9. The van der Waals surface area contributed by atoms with E-state index in [4.69, 9.17) is 21.1 Å². The van der Waals surface area contributed by atoms with E-state index in [1.807, 2.05) is 19.1 Å². The molecule has 1 fully saturated rings. The van der Waals surface area contributed by atoms with Gasteiger partial charge in [-0.25, -0.2) is 0 Å². The van der Waals surface area contributed by atoms with Gasteiger partial charge in [-0.3, -0.25) is 0 Å². The fraction of sp³-hybridized carbons (Fsp3) is 0.571. The van der Waals surface area contributed by atoms with Crippen LogP contribution in [0.15, 0.2) is 16.6 Å². The topological polar surface area (TPSA) is 30.5 Å². The number of methoxy groups -OCH3 is 1. The maximum Gasteiger partial charge on any atom is 0.156 e. The smallest absolute Gasteiger partial charge is 0.156 e. The van der Waals surface area contributed by atoms with Crippen molar-refractivity contribution in [2.24, 2.45) is 5.92 Å². The largest absolute Gasteiger partial charge is 0.491 e. The van der Waals surface area contributed by atoms with Crippen molar-refractivity contribution in [3.8, 4) is 5.75 Å². The van der Waals surface area contributed by atoms with E-state index in [1.165, 1.54) is 12.8 Å². The lowest BCUT2D eigenvalue weighted by atomic mass is 10.1. The fourth-order valence-electron chi connectivity index (χ4n) is 2.13. The molecule has 0 bridgehead atoms. The first-order valence-corrected chi connectivity index (χ1v) is 7.70. The Morgan fingerprint density at radius 1 is 1.47 bits per heavy atom. The monoisotopic (exact) mass is 347 g/mol. The molecular formula is C14H19BrClNO2. The van der Waals surface area contributed by atoms with Crippen LogP contribution >= 0.6 is 27.5 Å². The Kier molecular flexibility index (Phi) is 5.37.